The molecule has 3 aromatic heterocycles. The monoisotopic (exact) mass is 458 g/mol. The first-order valence-corrected chi connectivity index (χ1v) is 11.2. The number of rotatable bonds is 6. The Kier molecular flexibility index (Phi) is 6.67. The van der Waals surface area contributed by atoms with Gasteiger partial charge >= 0.3 is 5.97 Å². The van der Waals surface area contributed by atoms with E-state index in [2.05, 4.69) is 4.99 Å². The van der Waals surface area contributed by atoms with Gasteiger partial charge in [0.05, 0.1) is 12.0 Å². The molecule has 3 heterocycles. The molecule has 8 heteroatoms. The summed E-state index contributed by atoms with van der Waals surface area (Å²) in [4.78, 5) is 48.0. The molecule has 0 aliphatic carbocycles. The van der Waals surface area contributed by atoms with E-state index in [0.29, 0.717) is 24.3 Å². The van der Waals surface area contributed by atoms with Crippen LogP contribution >= 0.6 is 0 Å². The van der Waals surface area contributed by atoms with Crippen LogP contribution in [0.4, 0.5) is 0 Å². The second-order valence-electron chi connectivity index (χ2n) is 8.18. The lowest BCUT2D eigenvalue weighted by Gasteiger charge is -2.15. The Labute approximate surface area is 196 Å². The van der Waals surface area contributed by atoms with Crippen molar-refractivity contribution < 1.29 is 14.3 Å². The van der Waals surface area contributed by atoms with Crippen molar-refractivity contribution >= 4 is 28.6 Å². The number of aromatic nitrogens is 3. The zero-order valence-corrected chi connectivity index (χ0v) is 19.4. The van der Waals surface area contributed by atoms with Gasteiger partial charge in [-0.3, -0.25) is 14.0 Å². The summed E-state index contributed by atoms with van der Waals surface area (Å²) in [5, 5.41) is 0.246. The Hall–Kier alpha value is -4.07. The average molecular weight is 459 g/mol. The highest BCUT2D eigenvalue weighted by atomic mass is 16.5. The summed E-state index contributed by atoms with van der Waals surface area (Å²) in [6, 6.07) is 16.5. The molecule has 0 saturated heterocycles. The highest BCUT2D eigenvalue weighted by molar-refractivity contribution is 5.93. The quantitative estimate of drug-likeness (QED) is 0.327. The summed E-state index contributed by atoms with van der Waals surface area (Å²) in [6.45, 7) is 5.68. The number of aryl methyl sites for hydroxylation is 2. The van der Waals surface area contributed by atoms with Gasteiger partial charge in [0.2, 0.25) is 5.91 Å². The van der Waals surface area contributed by atoms with Crippen molar-refractivity contribution in [1.29, 1.82) is 0 Å². The Morgan fingerprint density at radius 3 is 2.53 bits per heavy atom. The molecule has 0 radical (unpaired) electrons. The van der Waals surface area contributed by atoms with Gasteiger partial charge in [-0.05, 0) is 37.1 Å². The number of nitrogens with zero attached hydrogens (tertiary/aromatic N) is 4. The fourth-order valence-electron chi connectivity index (χ4n) is 3.69. The molecule has 4 aromatic rings. The largest absolute Gasteiger partial charge is 0.462 e. The first kappa shape index (κ1) is 23.1. The van der Waals surface area contributed by atoms with Gasteiger partial charge in [0.25, 0.3) is 5.56 Å². The lowest BCUT2D eigenvalue weighted by atomic mass is 10.1. The first-order chi connectivity index (χ1) is 16.4. The van der Waals surface area contributed by atoms with Crippen LogP contribution in [0, 0.1) is 5.92 Å². The van der Waals surface area contributed by atoms with Crippen LogP contribution in [0.15, 0.2) is 70.6 Å². The predicted molar refractivity (Wildman–Crippen MR) is 128 cm³/mol. The molecule has 1 amide bonds. The van der Waals surface area contributed by atoms with Gasteiger partial charge in [-0.1, -0.05) is 50.2 Å². The summed E-state index contributed by atoms with van der Waals surface area (Å²) in [5.41, 5.74) is 1.76. The normalized spacial score (nSPS) is 11.9. The zero-order valence-electron chi connectivity index (χ0n) is 19.4. The number of benzene rings is 1. The van der Waals surface area contributed by atoms with Crippen molar-refractivity contribution in [3.05, 3.63) is 87.8 Å². The molecule has 0 aliphatic heterocycles. The van der Waals surface area contributed by atoms with Gasteiger partial charge in [0.15, 0.2) is 5.49 Å². The van der Waals surface area contributed by atoms with E-state index < -0.39 is 5.97 Å². The SMILES string of the molecule is CCOC(=O)c1cc2c(=O)n3ccccc3nc2n(CCc2ccccc2)c1=NC(=O)C(C)C. The van der Waals surface area contributed by atoms with Gasteiger partial charge in [0, 0.05) is 18.7 Å². The second kappa shape index (κ2) is 9.82. The van der Waals surface area contributed by atoms with Crippen molar-refractivity contribution in [2.75, 3.05) is 6.61 Å². The van der Waals surface area contributed by atoms with Crippen molar-refractivity contribution in [2.45, 2.75) is 33.7 Å². The Balaban J connectivity index is 2.08. The molecule has 0 bridgehead atoms. The Morgan fingerprint density at radius 2 is 1.82 bits per heavy atom. The van der Waals surface area contributed by atoms with Crippen LogP contribution in [0.3, 0.4) is 0 Å². The van der Waals surface area contributed by atoms with Crippen LogP contribution in [0.25, 0.3) is 16.7 Å². The second-order valence-corrected chi connectivity index (χ2v) is 8.18. The Morgan fingerprint density at radius 1 is 1.09 bits per heavy atom. The van der Waals surface area contributed by atoms with Crippen LogP contribution in [0.1, 0.15) is 36.7 Å². The number of hydrogen-bond donors (Lipinski definition) is 0. The summed E-state index contributed by atoms with van der Waals surface area (Å²) in [5.74, 6) is -1.40. The van der Waals surface area contributed by atoms with Crippen LogP contribution in [-0.2, 0) is 22.5 Å². The van der Waals surface area contributed by atoms with E-state index in [1.807, 2.05) is 30.3 Å². The third-order valence-corrected chi connectivity index (χ3v) is 5.46. The molecule has 0 unspecified atom stereocenters. The maximum absolute atomic E-state index is 13.3. The zero-order chi connectivity index (χ0) is 24.2. The smallest absolute Gasteiger partial charge is 0.341 e. The fraction of sp³-hybridized carbons (Fsp3) is 0.269. The van der Waals surface area contributed by atoms with Gasteiger partial charge in [0.1, 0.15) is 16.9 Å². The average Bonchev–Trinajstić information content (AvgIpc) is 2.84. The molecular weight excluding hydrogens is 432 g/mol. The molecule has 174 valence electrons. The van der Waals surface area contributed by atoms with E-state index in [9.17, 15) is 14.4 Å². The Bertz CT molecular complexity index is 1500. The molecule has 4 rings (SSSR count). The number of carbonyl (C=O) groups excluding carboxylic acids is 2. The fourth-order valence-corrected chi connectivity index (χ4v) is 3.69. The van der Waals surface area contributed by atoms with E-state index in [1.165, 1.54) is 10.5 Å². The van der Waals surface area contributed by atoms with E-state index in [0.717, 1.165) is 5.56 Å². The first-order valence-electron chi connectivity index (χ1n) is 11.2. The molecule has 0 saturated carbocycles. The van der Waals surface area contributed by atoms with Gasteiger partial charge in [-0.15, -0.1) is 0 Å². The van der Waals surface area contributed by atoms with Crippen molar-refractivity contribution in [2.24, 2.45) is 10.9 Å². The number of amides is 1. The van der Waals surface area contributed by atoms with Gasteiger partial charge in [-0.2, -0.15) is 4.99 Å². The number of ether oxygens (including phenoxy) is 1. The summed E-state index contributed by atoms with van der Waals surface area (Å²) in [6.07, 6.45) is 2.21. The minimum absolute atomic E-state index is 0.0613. The topological polar surface area (TPSA) is 95.0 Å². The maximum Gasteiger partial charge on any atom is 0.341 e. The van der Waals surface area contributed by atoms with Crippen LogP contribution < -0.4 is 11.0 Å². The van der Waals surface area contributed by atoms with Crippen LogP contribution in [0.5, 0.6) is 0 Å². The number of pyridine rings is 2. The summed E-state index contributed by atoms with van der Waals surface area (Å²) >= 11 is 0. The molecule has 0 aliphatic rings. The lowest BCUT2D eigenvalue weighted by molar-refractivity contribution is -0.120. The molecule has 8 nitrogen and oxygen atoms in total. The highest BCUT2D eigenvalue weighted by Gasteiger charge is 2.20. The minimum Gasteiger partial charge on any atom is -0.462 e. The molecular formula is C26H26N4O4. The minimum atomic E-state index is -0.647. The van der Waals surface area contributed by atoms with E-state index in [-0.39, 0.29) is 40.4 Å². The van der Waals surface area contributed by atoms with Crippen LogP contribution in [0.2, 0.25) is 0 Å². The number of fused-ring (bicyclic) bond motifs is 2. The van der Waals surface area contributed by atoms with E-state index >= 15 is 0 Å². The van der Waals surface area contributed by atoms with Crippen molar-refractivity contribution in [3.63, 3.8) is 0 Å². The summed E-state index contributed by atoms with van der Waals surface area (Å²) < 4.78 is 8.36. The molecule has 0 atom stereocenters. The summed E-state index contributed by atoms with van der Waals surface area (Å²) in [7, 11) is 0. The lowest BCUT2D eigenvalue weighted by Crippen LogP contribution is -2.33. The van der Waals surface area contributed by atoms with Gasteiger partial charge in [-0.25, -0.2) is 9.78 Å². The molecule has 0 fully saturated rings. The third-order valence-electron chi connectivity index (χ3n) is 5.46. The van der Waals surface area contributed by atoms with E-state index in [1.54, 1.807) is 49.7 Å². The molecule has 0 spiro atoms. The molecule has 34 heavy (non-hydrogen) atoms. The van der Waals surface area contributed by atoms with Crippen LogP contribution in [-0.4, -0.2) is 32.4 Å². The highest BCUT2D eigenvalue weighted by Crippen LogP contribution is 2.13. The van der Waals surface area contributed by atoms with Gasteiger partial charge < -0.3 is 9.30 Å². The van der Waals surface area contributed by atoms with E-state index in [4.69, 9.17) is 9.72 Å². The molecule has 0 N–H and O–H groups in total. The predicted octanol–water partition coefficient (Wildman–Crippen LogP) is 3.15. The third kappa shape index (κ3) is 4.52. The molecule has 1 aromatic carbocycles. The number of hydrogen-bond acceptors (Lipinski definition) is 5. The standard InChI is InChI=1S/C26H26N4O4/c1-4-34-26(33)20-16-19-22(27-21-12-8-9-14-29(21)25(19)32)30(23(20)28-24(31)17(2)3)15-13-18-10-6-5-7-11-18/h5-12,14,16-17H,4,13,15H2,1-3H3. The number of carbonyl (C=O) groups is 2. The number of esters is 1. The van der Waals surface area contributed by atoms with Crippen molar-refractivity contribution in [3.8, 4) is 0 Å². The van der Waals surface area contributed by atoms with Crippen molar-refractivity contribution in [1.82, 2.24) is 14.0 Å². The maximum atomic E-state index is 13.3.